The minimum Gasteiger partial charge on any atom is -0.710 e. The van der Waals surface area contributed by atoms with Crippen molar-refractivity contribution in [1.82, 2.24) is 4.98 Å². The molecule has 0 saturated heterocycles. The molecule has 1 aliphatic rings. The summed E-state index contributed by atoms with van der Waals surface area (Å²) in [5, 5.41) is 16.6. The second-order valence-corrected chi connectivity index (χ2v) is 12.6. The molecule has 0 radical (unpaired) electrons. The molecule has 0 amide bonds. The number of alkyl halides is 3. The van der Waals surface area contributed by atoms with Crippen molar-refractivity contribution in [3.63, 3.8) is 0 Å². The van der Waals surface area contributed by atoms with Crippen molar-refractivity contribution in [2.24, 2.45) is 5.92 Å². The van der Waals surface area contributed by atoms with E-state index in [0.717, 1.165) is 30.4 Å². The van der Waals surface area contributed by atoms with Crippen LogP contribution in [0.1, 0.15) is 52.1 Å². The summed E-state index contributed by atoms with van der Waals surface area (Å²) in [6, 6.07) is 7.57. The van der Waals surface area contributed by atoms with Crippen LogP contribution in [-0.2, 0) is 9.84 Å². The summed E-state index contributed by atoms with van der Waals surface area (Å²) in [5.74, 6) is 0.633. The number of fused-ring (bicyclic) bond motifs is 1. The van der Waals surface area contributed by atoms with E-state index in [1.54, 1.807) is 31.3 Å². The fourth-order valence-corrected chi connectivity index (χ4v) is 6.02. The minimum absolute atomic E-state index is 0.162. The number of nitrogens with one attached hydrogen (secondary N) is 2. The van der Waals surface area contributed by atoms with Crippen molar-refractivity contribution in [3.05, 3.63) is 47.4 Å². The Bertz CT molecular complexity index is 1360. The molecule has 1 aliphatic carbocycles. The van der Waals surface area contributed by atoms with Crippen molar-refractivity contribution in [3.8, 4) is 11.1 Å². The number of aromatic nitrogens is 2. The van der Waals surface area contributed by atoms with E-state index in [9.17, 15) is 26.8 Å². The topological polar surface area (TPSA) is 88.9 Å². The maximum absolute atomic E-state index is 13.7. The number of halogens is 3. The average molecular weight is 510 g/mol. The molecule has 0 unspecified atom stereocenters. The van der Waals surface area contributed by atoms with Gasteiger partial charge in [-0.3, -0.25) is 0 Å². The first-order valence-electron chi connectivity index (χ1n) is 11.7. The zero-order valence-electron chi connectivity index (χ0n) is 20.2. The van der Waals surface area contributed by atoms with Crippen LogP contribution in [0.15, 0.2) is 41.4 Å². The maximum Gasteiger partial charge on any atom is 0.408 e. The van der Waals surface area contributed by atoms with Gasteiger partial charge >= 0.3 is 6.18 Å². The van der Waals surface area contributed by atoms with E-state index in [-0.39, 0.29) is 6.04 Å². The van der Waals surface area contributed by atoms with Gasteiger partial charge in [-0.2, -0.15) is 13.2 Å². The number of nitrogens with zero attached hydrogens (tertiary/aromatic N) is 1. The molecular formula is C25H30F3N3O3S. The molecule has 190 valence electrons. The smallest absolute Gasteiger partial charge is 0.408 e. The van der Waals surface area contributed by atoms with Crippen molar-refractivity contribution in [2.75, 3.05) is 5.32 Å². The van der Waals surface area contributed by atoms with Gasteiger partial charge in [-0.1, -0.05) is 6.92 Å². The number of aryl methyl sites for hydroxylation is 1. The number of rotatable bonds is 5. The second-order valence-electron chi connectivity index (χ2n) is 10.1. The highest BCUT2D eigenvalue weighted by Gasteiger charge is 2.57. The van der Waals surface area contributed by atoms with E-state index in [1.807, 2.05) is 0 Å². The largest absolute Gasteiger partial charge is 0.710 e. The molecule has 4 rings (SSSR count). The summed E-state index contributed by atoms with van der Waals surface area (Å²) in [4.78, 5) is 2.48. The van der Waals surface area contributed by atoms with Crippen molar-refractivity contribution in [1.29, 1.82) is 0 Å². The normalized spacial score (nSPS) is 19.7. The van der Waals surface area contributed by atoms with Gasteiger partial charge in [0.2, 0.25) is 0 Å². The van der Waals surface area contributed by atoms with E-state index in [1.165, 1.54) is 12.1 Å². The molecule has 10 heteroatoms. The molecule has 3 aromatic rings. The average Bonchev–Trinajstić information content (AvgIpc) is 3.27. The molecule has 2 heterocycles. The molecule has 1 aromatic carbocycles. The first-order chi connectivity index (χ1) is 16.2. The Morgan fingerprint density at radius 1 is 1.06 bits per heavy atom. The Kier molecular flexibility index (Phi) is 6.32. The predicted molar refractivity (Wildman–Crippen MR) is 130 cm³/mol. The molecule has 2 aromatic heterocycles. The monoisotopic (exact) mass is 509 g/mol. The van der Waals surface area contributed by atoms with Gasteiger partial charge in [0.1, 0.15) is 5.69 Å². The lowest BCUT2D eigenvalue weighted by Gasteiger charge is -2.30. The Hall–Kier alpha value is -2.75. The second kappa shape index (κ2) is 8.72. The maximum atomic E-state index is 13.7. The Balaban J connectivity index is 1.90. The number of pyridine rings is 1. The highest BCUT2D eigenvalue weighted by atomic mass is 32.2. The van der Waals surface area contributed by atoms with Crippen molar-refractivity contribution >= 4 is 26.6 Å². The van der Waals surface area contributed by atoms with Gasteiger partial charge < -0.3 is 10.5 Å². The quantitative estimate of drug-likeness (QED) is 0.332. The molecule has 35 heavy (non-hydrogen) atoms. The number of H-pyrrole nitrogens is 1. The third kappa shape index (κ3) is 4.37. The number of hydrogen-bond donors (Lipinski definition) is 2. The van der Waals surface area contributed by atoms with E-state index in [4.69, 9.17) is 0 Å². The van der Waals surface area contributed by atoms with Gasteiger partial charge in [-0.25, -0.2) is 18.1 Å². The lowest BCUT2D eigenvalue weighted by atomic mass is 9.87. The highest BCUT2D eigenvalue weighted by molar-refractivity contribution is 7.92. The molecule has 0 spiro atoms. The zero-order chi connectivity index (χ0) is 25.8. The third-order valence-corrected chi connectivity index (χ3v) is 9.66. The van der Waals surface area contributed by atoms with E-state index in [2.05, 4.69) is 17.2 Å². The van der Waals surface area contributed by atoms with Crippen LogP contribution in [0, 0.1) is 18.0 Å². The number of hydrogen-bond acceptors (Lipinski definition) is 4. The van der Waals surface area contributed by atoms with Crippen LogP contribution in [0.25, 0.3) is 22.2 Å². The zero-order valence-corrected chi connectivity index (χ0v) is 21.0. The van der Waals surface area contributed by atoms with Crippen LogP contribution in [0.2, 0.25) is 0 Å². The third-order valence-electron chi connectivity index (χ3n) is 7.21. The molecule has 2 N–H and O–H groups in total. The molecule has 0 atom stereocenters. The van der Waals surface area contributed by atoms with Crippen LogP contribution in [-0.4, -0.2) is 30.4 Å². The first kappa shape index (κ1) is 25.3. The number of anilines is 1. The molecule has 0 bridgehead atoms. The predicted octanol–water partition coefficient (Wildman–Crippen LogP) is 5.88. The lowest BCUT2D eigenvalue weighted by Crippen LogP contribution is -2.46. The van der Waals surface area contributed by atoms with Gasteiger partial charge in [0.05, 0.1) is 16.5 Å². The van der Waals surface area contributed by atoms with Gasteiger partial charge in [-0.15, -0.1) is 0 Å². The van der Waals surface area contributed by atoms with Crippen molar-refractivity contribution in [2.45, 2.75) is 75.2 Å². The van der Waals surface area contributed by atoms with Crippen LogP contribution in [0.3, 0.4) is 0 Å². The van der Waals surface area contributed by atoms with Gasteiger partial charge in [-0.05, 0) is 82.7 Å². The summed E-state index contributed by atoms with van der Waals surface area (Å²) in [5.41, 5.74) is 2.30. The Morgan fingerprint density at radius 3 is 2.34 bits per heavy atom. The SMILES string of the molecule is Cc1cc(-c2cc(S(=O)(=O)C(C)(C)C(F)(F)F)ccc2N[C@H]2CC[C@H](C)CC2)c2cc[nH]c2[n+]1[O-]. The van der Waals surface area contributed by atoms with Gasteiger partial charge in [0, 0.05) is 22.9 Å². The van der Waals surface area contributed by atoms with E-state index < -0.39 is 25.7 Å². The van der Waals surface area contributed by atoms with E-state index >= 15 is 0 Å². The summed E-state index contributed by atoms with van der Waals surface area (Å²) in [6.45, 7) is 5.18. The van der Waals surface area contributed by atoms with Gasteiger partial charge in [0.25, 0.3) is 5.65 Å². The number of aromatic amines is 1. The fourth-order valence-electron chi connectivity index (χ4n) is 4.60. The molecule has 6 nitrogen and oxygen atoms in total. The van der Waals surface area contributed by atoms with Crippen LogP contribution < -0.4 is 10.0 Å². The molecule has 0 aliphatic heterocycles. The summed E-state index contributed by atoms with van der Waals surface area (Å²) in [6.07, 6.45) is 0.646. The minimum atomic E-state index is -4.95. The summed E-state index contributed by atoms with van der Waals surface area (Å²) < 4.78 is 65.1. The van der Waals surface area contributed by atoms with Gasteiger partial charge in [0.15, 0.2) is 14.6 Å². The molecule has 1 fully saturated rings. The standard InChI is InChI=1S/C25H30F3N3O3S/c1-15-5-7-17(8-6-15)30-22-10-9-18(35(33,34)24(3,4)25(26,27)28)14-21(22)20-13-16(2)31(32)23-19(20)11-12-29-23/h9-15,17,29-30H,5-8H2,1-4H3/t15-,17-. The molecule has 1 saturated carbocycles. The summed E-state index contributed by atoms with van der Waals surface area (Å²) >= 11 is 0. The van der Waals surface area contributed by atoms with E-state index in [0.29, 0.717) is 53.3 Å². The first-order valence-corrected chi connectivity index (χ1v) is 13.1. The van der Waals surface area contributed by atoms with Crippen molar-refractivity contribution < 1.29 is 26.3 Å². The fraction of sp³-hybridized carbons (Fsp3) is 0.480. The Morgan fingerprint density at radius 2 is 1.71 bits per heavy atom. The van der Waals surface area contributed by atoms with Crippen LogP contribution in [0.5, 0.6) is 0 Å². The summed E-state index contributed by atoms with van der Waals surface area (Å²) in [7, 11) is -4.77. The Labute approximate surface area is 203 Å². The number of benzene rings is 1. The van der Waals surface area contributed by atoms with Crippen LogP contribution >= 0.6 is 0 Å². The highest BCUT2D eigenvalue weighted by Crippen LogP contribution is 2.43. The molecular weight excluding hydrogens is 479 g/mol. The number of sulfone groups is 1. The lowest BCUT2D eigenvalue weighted by molar-refractivity contribution is -0.586. The van der Waals surface area contributed by atoms with Crippen LogP contribution in [0.4, 0.5) is 18.9 Å².